The molecule has 1 aromatic heterocycles. The highest BCUT2D eigenvalue weighted by Gasteiger charge is 2.22. The van der Waals surface area contributed by atoms with Crippen LogP contribution in [0, 0.1) is 18.8 Å². The van der Waals surface area contributed by atoms with Gasteiger partial charge in [-0.15, -0.1) is 0 Å². The third-order valence-corrected chi connectivity index (χ3v) is 2.92. The minimum absolute atomic E-state index is 0.0544. The molecule has 0 fully saturated rings. The van der Waals surface area contributed by atoms with Crippen molar-refractivity contribution in [1.29, 1.82) is 0 Å². The molecule has 6 heteroatoms. The third kappa shape index (κ3) is 2.20. The molecule has 1 heterocycles. The van der Waals surface area contributed by atoms with Crippen molar-refractivity contribution < 1.29 is 14.7 Å². The number of amides is 1. The number of carbonyl (C=O) groups excluding carboxylic acids is 1. The standard InChI is InChI=1S/C10H10N2O3S/c1-4-5-7(13)12(3)9-8(10(14)15)6(2)11-16-9/h1-3H3,(H,14,15). The molecule has 1 N–H and O–H groups in total. The van der Waals surface area contributed by atoms with Crippen LogP contribution in [0.1, 0.15) is 23.0 Å². The van der Waals surface area contributed by atoms with Crippen LogP contribution in [0.3, 0.4) is 0 Å². The highest BCUT2D eigenvalue weighted by molar-refractivity contribution is 7.11. The number of aromatic nitrogens is 1. The molecular weight excluding hydrogens is 228 g/mol. The van der Waals surface area contributed by atoms with Gasteiger partial charge in [0.1, 0.15) is 10.6 Å². The zero-order valence-electron chi connectivity index (χ0n) is 9.07. The SMILES string of the molecule is CC#CC(=O)N(C)c1snc(C)c1C(=O)O. The molecule has 0 unspecified atom stereocenters. The molecule has 5 nitrogen and oxygen atoms in total. The summed E-state index contributed by atoms with van der Waals surface area (Å²) in [6.45, 7) is 3.13. The van der Waals surface area contributed by atoms with E-state index in [-0.39, 0.29) is 5.56 Å². The average molecular weight is 238 g/mol. The summed E-state index contributed by atoms with van der Waals surface area (Å²) in [7, 11) is 1.48. The van der Waals surface area contributed by atoms with Crippen LogP contribution in [0.15, 0.2) is 0 Å². The predicted octanol–water partition coefficient (Wildman–Crippen LogP) is 1.14. The molecule has 0 saturated heterocycles. The van der Waals surface area contributed by atoms with Gasteiger partial charge in [0.2, 0.25) is 0 Å². The van der Waals surface area contributed by atoms with Gasteiger partial charge in [-0.1, -0.05) is 5.92 Å². The van der Waals surface area contributed by atoms with Gasteiger partial charge in [-0.2, -0.15) is 4.37 Å². The first-order valence-electron chi connectivity index (χ1n) is 4.39. The first-order chi connectivity index (χ1) is 7.49. The zero-order valence-corrected chi connectivity index (χ0v) is 9.88. The normalized spacial score (nSPS) is 9.19. The lowest BCUT2D eigenvalue weighted by atomic mass is 10.2. The zero-order chi connectivity index (χ0) is 12.3. The Morgan fingerprint density at radius 3 is 2.62 bits per heavy atom. The smallest absolute Gasteiger partial charge is 0.340 e. The van der Waals surface area contributed by atoms with Gasteiger partial charge in [0.05, 0.1) is 5.69 Å². The van der Waals surface area contributed by atoms with Gasteiger partial charge in [0.15, 0.2) is 0 Å². The molecule has 16 heavy (non-hydrogen) atoms. The van der Waals surface area contributed by atoms with Crippen molar-refractivity contribution in [1.82, 2.24) is 4.37 Å². The van der Waals surface area contributed by atoms with Crippen LogP contribution in [0.2, 0.25) is 0 Å². The van der Waals surface area contributed by atoms with E-state index in [1.807, 2.05) is 0 Å². The van der Waals surface area contributed by atoms with E-state index < -0.39 is 11.9 Å². The monoisotopic (exact) mass is 238 g/mol. The fourth-order valence-corrected chi connectivity index (χ4v) is 1.96. The van der Waals surface area contributed by atoms with E-state index in [0.717, 1.165) is 11.5 Å². The highest BCUT2D eigenvalue weighted by atomic mass is 32.1. The summed E-state index contributed by atoms with van der Waals surface area (Å²) in [6, 6.07) is 0. The molecule has 0 bridgehead atoms. The fraction of sp³-hybridized carbons (Fsp3) is 0.300. The van der Waals surface area contributed by atoms with E-state index in [1.165, 1.54) is 11.9 Å². The number of carbonyl (C=O) groups is 2. The molecule has 1 amide bonds. The lowest BCUT2D eigenvalue weighted by molar-refractivity contribution is -0.113. The van der Waals surface area contributed by atoms with Crippen LogP contribution < -0.4 is 4.90 Å². The quantitative estimate of drug-likeness (QED) is 0.784. The van der Waals surface area contributed by atoms with Crippen LogP contribution in [-0.2, 0) is 4.79 Å². The van der Waals surface area contributed by atoms with Crippen molar-refractivity contribution in [2.45, 2.75) is 13.8 Å². The van der Waals surface area contributed by atoms with Crippen LogP contribution in [0.25, 0.3) is 0 Å². The Balaban J connectivity index is 3.17. The second kappa shape index (κ2) is 4.77. The van der Waals surface area contributed by atoms with Gasteiger partial charge in [-0.05, 0) is 31.3 Å². The maximum atomic E-state index is 11.5. The molecule has 84 valence electrons. The molecule has 0 atom stereocenters. The van der Waals surface area contributed by atoms with Crippen molar-refractivity contribution in [3.63, 3.8) is 0 Å². The Morgan fingerprint density at radius 2 is 2.12 bits per heavy atom. The number of hydrogen-bond donors (Lipinski definition) is 1. The predicted molar refractivity (Wildman–Crippen MR) is 60.7 cm³/mol. The van der Waals surface area contributed by atoms with E-state index in [4.69, 9.17) is 5.11 Å². The fourth-order valence-electron chi connectivity index (χ4n) is 1.12. The molecule has 1 rings (SSSR count). The van der Waals surface area contributed by atoms with Crippen LogP contribution in [-0.4, -0.2) is 28.4 Å². The Hall–Kier alpha value is -1.87. The van der Waals surface area contributed by atoms with Crippen molar-refractivity contribution >= 4 is 28.4 Å². The van der Waals surface area contributed by atoms with Gasteiger partial charge >= 0.3 is 11.9 Å². The minimum Gasteiger partial charge on any atom is -0.478 e. The molecule has 0 spiro atoms. The first-order valence-corrected chi connectivity index (χ1v) is 5.16. The van der Waals surface area contributed by atoms with Crippen molar-refractivity contribution in [2.24, 2.45) is 0 Å². The molecule has 1 aromatic rings. The summed E-state index contributed by atoms with van der Waals surface area (Å²) in [5.74, 6) is 3.27. The van der Waals surface area contributed by atoms with Crippen LogP contribution in [0.4, 0.5) is 5.00 Å². The lowest BCUT2D eigenvalue weighted by Crippen LogP contribution is -2.25. The van der Waals surface area contributed by atoms with E-state index in [1.54, 1.807) is 13.8 Å². The van der Waals surface area contributed by atoms with E-state index in [2.05, 4.69) is 16.2 Å². The van der Waals surface area contributed by atoms with Crippen LogP contribution >= 0.6 is 11.5 Å². The van der Waals surface area contributed by atoms with Gasteiger partial charge < -0.3 is 5.11 Å². The highest BCUT2D eigenvalue weighted by Crippen LogP contribution is 2.27. The van der Waals surface area contributed by atoms with Gasteiger partial charge in [0, 0.05) is 7.05 Å². The Labute approximate surface area is 96.9 Å². The lowest BCUT2D eigenvalue weighted by Gasteiger charge is -2.11. The number of nitrogens with zero attached hydrogens (tertiary/aromatic N) is 2. The Bertz CT molecular complexity index is 496. The molecule has 0 saturated carbocycles. The number of rotatable bonds is 2. The molecule has 0 aliphatic heterocycles. The summed E-state index contributed by atoms with van der Waals surface area (Å²) in [5.41, 5.74) is 0.454. The van der Waals surface area contributed by atoms with E-state index >= 15 is 0 Å². The first kappa shape index (κ1) is 12.2. The second-order valence-corrected chi connectivity index (χ2v) is 3.74. The van der Waals surface area contributed by atoms with Crippen molar-refractivity contribution in [3.05, 3.63) is 11.3 Å². The second-order valence-electron chi connectivity index (χ2n) is 2.99. The molecule has 0 aliphatic carbocycles. The number of aromatic carboxylic acids is 1. The molecule has 0 radical (unpaired) electrons. The van der Waals surface area contributed by atoms with Gasteiger partial charge in [0.25, 0.3) is 0 Å². The molecule has 0 aromatic carbocycles. The molecule has 0 aliphatic rings. The Morgan fingerprint density at radius 1 is 1.50 bits per heavy atom. The third-order valence-electron chi connectivity index (χ3n) is 1.90. The summed E-state index contributed by atoms with van der Waals surface area (Å²) >= 11 is 0.973. The number of hydrogen-bond acceptors (Lipinski definition) is 4. The maximum absolute atomic E-state index is 11.5. The largest absolute Gasteiger partial charge is 0.478 e. The number of aryl methyl sites for hydroxylation is 1. The molecular formula is C10H10N2O3S. The van der Waals surface area contributed by atoms with Crippen molar-refractivity contribution in [3.8, 4) is 11.8 Å². The summed E-state index contributed by atoms with van der Waals surface area (Å²) in [4.78, 5) is 23.6. The average Bonchev–Trinajstić information content (AvgIpc) is 2.59. The summed E-state index contributed by atoms with van der Waals surface area (Å²) in [5, 5.41) is 9.29. The summed E-state index contributed by atoms with van der Waals surface area (Å²) < 4.78 is 3.92. The number of carboxylic acids is 1. The van der Waals surface area contributed by atoms with E-state index in [0.29, 0.717) is 10.7 Å². The van der Waals surface area contributed by atoms with E-state index in [9.17, 15) is 9.59 Å². The number of anilines is 1. The van der Waals surface area contributed by atoms with Crippen molar-refractivity contribution in [2.75, 3.05) is 11.9 Å². The topological polar surface area (TPSA) is 70.5 Å². The Kier molecular flexibility index (Phi) is 3.64. The maximum Gasteiger partial charge on any atom is 0.340 e. The van der Waals surface area contributed by atoms with Crippen LogP contribution in [0.5, 0.6) is 0 Å². The van der Waals surface area contributed by atoms with Gasteiger partial charge in [-0.25, -0.2) is 4.79 Å². The minimum atomic E-state index is -1.09. The summed E-state index contributed by atoms with van der Waals surface area (Å²) in [6.07, 6.45) is 0. The number of carboxylic acid groups (broad SMARTS) is 1. The van der Waals surface area contributed by atoms with Gasteiger partial charge in [-0.3, -0.25) is 9.69 Å².